The Hall–Kier alpha value is -2.12. The molecule has 0 bridgehead atoms. The summed E-state index contributed by atoms with van der Waals surface area (Å²) >= 11 is 0. The number of nitrogens with one attached hydrogen (secondary N) is 1. The summed E-state index contributed by atoms with van der Waals surface area (Å²) in [6.45, 7) is 6.60. The first-order valence-corrected chi connectivity index (χ1v) is 8.36. The fourth-order valence-corrected chi connectivity index (χ4v) is 2.84. The van der Waals surface area contributed by atoms with Crippen LogP contribution < -0.4 is 5.32 Å². The molecule has 1 aromatic rings. The third-order valence-electron chi connectivity index (χ3n) is 3.92. The molecule has 0 aromatic heterocycles. The number of β-amino-alcohol motifs (C(OH)–C–C–N with tert-alkyl or cyclic N) is 1. The van der Waals surface area contributed by atoms with Crippen molar-refractivity contribution < 1.29 is 24.2 Å². The molecule has 0 aliphatic carbocycles. The molecule has 1 aliphatic rings. The molecular formula is C18H26N2O5. The number of aliphatic hydroxyl groups is 1. The van der Waals surface area contributed by atoms with Crippen LogP contribution in [0.1, 0.15) is 39.0 Å². The number of alkyl carbamates (subject to hydrolysis) is 1. The van der Waals surface area contributed by atoms with Crippen molar-refractivity contribution in [3.63, 3.8) is 0 Å². The van der Waals surface area contributed by atoms with Gasteiger partial charge >= 0.3 is 6.09 Å². The second-order valence-electron chi connectivity index (χ2n) is 7.10. The van der Waals surface area contributed by atoms with E-state index in [4.69, 9.17) is 9.47 Å². The summed E-state index contributed by atoms with van der Waals surface area (Å²) in [5.74, 6) is 0. The van der Waals surface area contributed by atoms with Crippen LogP contribution in [0.25, 0.3) is 0 Å². The highest BCUT2D eigenvalue weighted by Gasteiger charge is 2.34. The van der Waals surface area contributed by atoms with E-state index in [0.717, 1.165) is 5.56 Å². The molecule has 3 unspecified atom stereocenters. The van der Waals surface area contributed by atoms with Gasteiger partial charge in [-0.2, -0.15) is 0 Å². The molecule has 1 saturated heterocycles. The third-order valence-corrected chi connectivity index (χ3v) is 3.92. The summed E-state index contributed by atoms with van der Waals surface area (Å²) in [7, 11) is 0. The summed E-state index contributed by atoms with van der Waals surface area (Å²) in [6.07, 6.45) is -1.38. The predicted octanol–water partition coefficient (Wildman–Crippen LogP) is 1.82. The predicted molar refractivity (Wildman–Crippen MR) is 91.7 cm³/mol. The van der Waals surface area contributed by atoms with Gasteiger partial charge in [0, 0.05) is 18.7 Å². The average molecular weight is 350 g/mol. The highest BCUT2D eigenvalue weighted by molar-refractivity contribution is 5.68. The average Bonchev–Trinajstić information content (AvgIpc) is 2.54. The van der Waals surface area contributed by atoms with Gasteiger partial charge in [0.15, 0.2) is 6.23 Å². The van der Waals surface area contributed by atoms with Gasteiger partial charge in [0.1, 0.15) is 5.60 Å². The summed E-state index contributed by atoms with van der Waals surface area (Å²) in [5, 5.41) is 13.1. The number of piperidine rings is 1. The van der Waals surface area contributed by atoms with Gasteiger partial charge in [-0.1, -0.05) is 30.3 Å². The highest BCUT2D eigenvalue weighted by atomic mass is 16.6. The minimum absolute atomic E-state index is 0.272. The van der Waals surface area contributed by atoms with Gasteiger partial charge in [0.25, 0.3) is 6.47 Å². The molecule has 1 fully saturated rings. The number of likely N-dealkylation sites (tertiary alicyclic amines) is 1. The SMILES string of the molecule is CC(C)(C)OC(=O)NC1CCN(C(OC=O)c2ccccc2)CC1O. The number of amides is 1. The first-order chi connectivity index (χ1) is 11.8. The van der Waals surface area contributed by atoms with E-state index in [-0.39, 0.29) is 6.54 Å². The zero-order valence-electron chi connectivity index (χ0n) is 14.8. The summed E-state index contributed by atoms with van der Waals surface area (Å²) in [4.78, 5) is 24.6. The molecule has 0 radical (unpaired) electrons. The fraction of sp³-hybridized carbons (Fsp3) is 0.556. The quantitative estimate of drug-likeness (QED) is 0.788. The van der Waals surface area contributed by atoms with Crippen molar-refractivity contribution >= 4 is 12.6 Å². The van der Waals surface area contributed by atoms with E-state index in [1.165, 1.54) is 0 Å². The lowest BCUT2D eigenvalue weighted by atomic mass is 10.0. The molecule has 3 atom stereocenters. The number of ether oxygens (including phenoxy) is 2. The van der Waals surface area contributed by atoms with Gasteiger partial charge in [-0.15, -0.1) is 0 Å². The number of hydrogen-bond donors (Lipinski definition) is 2. The van der Waals surface area contributed by atoms with Gasteiger partial charge in [0.05, 0.1) is 12.1 Å². The molecule has 1 aliphatic heterocycles. The number of rotatable bonds is 5. The monoisotopic (exact) mass is 350 g/mol. The van der Waals surface area contributed by atoms with Crippen LogP contribution in [0.5, 0.6) is 0 Å². The molecule has 1 aromatic carbocycles. The van der Waals surface area contributed by atoms with E-state index in [9.17, 15) is 14.7 Å². The molecule has 1 amide bonds. The Balaban J connectivity index is 1.97. The number of nitrogens with zero attached hydrogens (tertiary/aromatic N) is 1. The van der Waals surface area contributed by atoms with Gasteiger partial charge in [0.2, 0.25) is 0 Å². The van der Waals surface area contributed by atoms with Crippen molar-refractivity contribution in [2.75, 3.05) is 13.1 Å². The Morgan fingerprint density at radius 2 is 2.04 bits per heavy atom. The molecule has 138 valence electrons. The standard InChI is InChI=1S/C18H26N2O5/c1-18(2,3)25-17(23)19-14-9-10-20(11-15(14)22)16(24-12-21)13-7-5-4-6-8-13/h4-8,12,14-16,22H,9-11H2,1-3H3,(H,19,23). The maximum Gasteiger partial charge on any atom is 0.407 e. The third kappa shape index (κ3) is 5.72. The smallest absolute Gasteiger partial charge is 0.407 e. The van der Waals surface area contributed by atoms with E-state index in [1.54, 1.807) is 20.8 Å². The van der Waals surface area contributed by atoms with Gasteiger partial charge < -0.3 is 19.9 Å². The summed E-state index contributed by atoms with van der Waals surface area (Å²) in [5.41, 5.74) is 0.242. The Morgan fingerprint density at radius 1 is 1.36 bits per heavy atom. The van der Waals surface area contributed by atoms with E-state index < -0.39 is 30.1 Å². The minimum Gasteiger partial charge on any atom is -0.444 e. The normalized spacial score (nSPS) is 22.7. The van der Waals surface area contributed by atoms with E-state index in [2.05, 4.69) is 5.32 Å². The van der Waals surface area contributed by atoms with Crippen LogP contribution in [0.2, 0.25) is 0 Å². The zero-order chi connectivity index (χ0) is 18.4. The Labute approximate surface area is 147 Å². The number of carbonyl (C=O) groups excluding carboxylic acids is 2. The van der Waals surface area contributed by atoms with E-state index >= 15 is 0 Å². The first kappa shape index (κ1) is 19.2. The maximum atomic E-state index is 11.9. The van der Waals surface area contributed by atoms with Gasteiger partial charge in [-0.05, 0) is 27.2 Å². The van der Waals surface area contributed by atoms with Crippen LogP contribution >= 0.6 is 0 Å². The Bertz CT molecular complexity index is 573. The van der Waals surface area contributed by atoms with Gasteiger partial charge in [-0.3, -0.25) is 9.69 Å². The lowest BCUT2D eigenvalue weighted by Gasteiger charge is -2.39. The molecule has 1 heterocycles. The van der Waals surface area contributed by atoms with E-state index in [1.807, 2.05) is 35.2 Å². The summed E-state index contributed by atoms with van der Waals surface area (Å²) in [6, 6.07) is 8.94. The van der Waals surface area contributed by atoms with Crippen molar-refractivity contribution in [1.29, 1.82) is 0 Å². The van der Waals surface area contributed by atoms with Gasteiger partial charge in [-0.25, -0.2) is 4.79 Å². The molecule has 7 heteroatoms. The number of benzene rings is 1. The largest absolute Gasteiger partial charge is 0.444 e. The molecule has 2 N–H and O–H groups in total. The number of aliphatic hydroxyl groups excluding tert-OH is 1. The van der Waals surface area contributed by atoms with Crippen LogP contribution in [0, 0.1) is 0 Å². The molecule has 25 heavy (non-hydrogen) atoms. The Morgan fingerprint density at radius 3 is 2.60 bits per heavy atom. The lowest BCUT2D eigenvalue weighted by molar-refractivity contribution is -0.148. The molecule has 7 nitrogen and oxygen atoms in total. The van der Waals surface area contributed by atoms with E-state index in [0.29, 0.717) is 19.4 Å². The first-order valence-electron chi connectivity index (χ1n) is 8.36. The van der Waals surface area contributed by atoms with Crippen molar-refractivity contribution in [2.24, 2.45) is 0 Å². The molecule has 0 saturated carbocycles. The second-order valence-corrected chi connectivity index (χ2v) is 7.10. The zero-order valence-corrected chi connectivity index (χ0v) is 14.8. The van der Waals surface area contributed by atoms with Crippen LogP contribution in [-0.4, -0.2) is 53.4 Å². The van der Waals surface area contributed by atoms with Crippen molar-refractivity contribution in [3.05, 3.63) is 35.9 Å². The molecule has 2 rings (SSSR count). The fourth-order valence-electron chi connectivity index (χ4n) is 2.84. The van der Waals surface area contributed by atoms with Crippen LogP contribution in [-0.2, 0) is 14.3 Å². The van der Waals surface area contributed by atoms with Crippen molar-refractivity contribution in [1.82, 2.24) is 10.2 Å². The minimum atomic E-state index is -0.789. The van der Waals surface area contributed by atoms with Crippen LogP contribution in [0.15, 0.2) is 30.3 Å². The topological polar surface area (TPSA) is 88.1 Å². The molecular weight excluding hydrogens is 324 g/mol. The Kier molecular flexibility index (Phi) is 6.39. The lowest BCUT2D eigenvalue weighted by Crippen LogP contribution is -2.55. The highest BCUT2D eigenvalue weighted by Crippen LogP contribution is 2.25. The molecule has 0 spiro atoms. The van der Waals surface area contributed by atoms with Crippen LogP contribution in [0.4, 0.5) is 4.79 Å². The number of hydrogen-bond acceptors (Lipinski definition) is 6. The van der Waals surface area contributed by atoms with Crippen molar-refractivity contribution in [2.45, 2.75) is 51.2 Å². The number of carbonyl (C=O) groups is 2. The summed E-state index contributed by atoms with van der Waals surface area (Å²) < 4.78 is 10.4. The second kappa shape index (κ2) is 8.31. The maximum absolute atomic E-state index is 11.9. The van der Waals surface area contributed by atoms with Crippen molar-refractivity contribution in [3.8, 4) is 0 Å². The van der Waals surface area contributed by atoms with Crippen LogP contribution in [0.3, 0.4) is 0 Å².